The Hall–Kier alpha value is -1.78. The van der Waals surface area contributed by atoms with E-state index in [-0.39, 0.29) is 5.56 Å². The SMILES string of the molecule is Cc1csc(Sc2nnnn2-c2sccc2C(=O)O)n1. The van der Waals surface area contributed by atoms with Crippen molar-refractivity contribution in [2.45, 2.75) is 16.4 Å². The van der Waals surface area contributed by atoms with Gasteiger partial charge in [-0.2, -0.15) is 4.68 Å². The molecule has 0 aliphatic heterocycles. The Balaban J connectivity index is 1.97. The molecule has 0 bridgehead atoms. The minimum absolute atomic E-state index is 0.180. The number of carboxylic acids is 1. The molecule has 7 nitrogen and oxygen atoms in total. The van der Waals surface area contributed by atoms with E-state index >= 15 is 0 Å². The second kappa shape index (κ2) is 5.31. The van der Waals surface area contributed by atoms with Crippen LogP contribution in [0.15, 0.2) is 26.3 Å². The minimum atomic E-state index is -1.00. The number of thiazole rings is 1. The van der Waals surface area contributed by atoms with Crippen molar-refractivity contribution in [1.82, 2.24) is 25.2 Å². The van der Waals surface area contributed by atoms with Gasteiger partial charge in [0.15, 0.2) is 4.34 Å². The van der Waals surface area contributed by atoms with Crippen LogP contribution in [0.4, 0.5) is 0 Å². The molecule has 0 amide bonds. The van der Waals surface area contributed by atoms with Gasteiger partial charge in [0.25, 0.3) is 0 Å². The first-order valence-corrected chi connectivity index (χ1v) is 7.92. The molecule has 3 heterocycles. The number of aromatic nitrogens is 5. The summed E-state index contributed by atoms with van der Waals surface area (Å²) in [7, 11) is 0. The van der Waals surface area contributed by atoms with Gasteiger partial charge in [0.1, 0.15) is 5.00 Å². The molecule has 0 aromatic carbocycles. The topological polar surface area (TPSA) is 93.8 Å². The van der Waals surface area contributed by atoms with Crippen LogP contribution in [0.1, 0.15) is 16.1 Å². The van der Waals surface area contributed by atoms with Gasteiger partial charge in [-0.1, -0.05) is 0 Å². The Morgan fingerprint density at radius 2 is 2.30 bits per heavy atom. The number of aromatic carboxylic acids is 1. The number of thiophene rings is 1. The number of tetrazole rings is 1. The molecule has 0 fully saturated rings. The van der Waals surface area contributed by atoms with Gasteiger partial charge in [-0.3, -0.25) is 0 Å². The van der Waals surface area contributed by atoms with E-state index in [0.717, 1.165) is 10.0 Å². The van der Waals surface area contributed by atoms with Crippen LogP contribution in [0.25, 0.3) is 5.00 Å². The van der Waals surface area contributed by atoms with E-state index < -0.39 is 5.97 Å². The molecule has 20 heavy (non-hydrogen) atoms. The van der Waals surface area contributed by atoms with Crippen molar-refractivity contribution < 1.29 is 9.90 Å². The third kappa shape index (κ3) is 2.44. The molecule has 0 atom stereocenters. The van der Waals surface area contributed by atoms with Crippen LogP contribution in [0.5, 0.6) is 0 Å². The van der Waals surface area contributed by atoms with Crippen LogP contribution in [0.3, 0.4) is 0 Å². The van der Waals surface area contributed by atoms with Crippen LogP contribution in [-0.2, 0) is 0 Å². The second-order valence-corrected chi connectivity index (χ2v) is 6.64. The summed E-state index contributed by atoms with van der Waals surface area (Å²) in [5.74, 6) is -1.00. The zero-order valence-corrected chi connectivity index (χ0v) is 12.5. The summed E-state index contributed by atoms with van der Waals surface area (Å²) in [5.41, 5.74) is 1.11. The second-order valence-electron chi connectivity index (χ2n) is 3.67. The number of carbonyl (C=O) groups is 1. The van der Waals surface area contributed by atoms with E-state index in [0.29, 0.717) is 10.2 Å². The molecule has 0 aliphatic carbocycles. The van der Waals surface area contributed by atoms with E-state index in [1.54, 1.807) is 5.38 Å². The number of hydrogen-bond donors (Lipinski definition) is 1. The smallest absolute Gasteiger partial charge is 0.338 e. The normalized spacial score (nSPS) is 10.8. The molecule has 0 saturated carbocycles. The number of aryl methyl sites for hydroxylation is 1. The standard InChI is InChI=1S/C10H7N5O2S3/c1-5-4-19-10(11-5)20-9-12-13-14-15(9)7-6(8(16)17)2-3-18-7/h2-4H,1H3,(H,16,17). The Kier molecular flexibility index (Phi) is 3.51. The largest absolute Gasteiger partial charge is 0.478 e. The van der Waals surface area contributed by atoms with E-state index in [9.17, 15) is 4.79 Å². The quantitative estimate of drug-likeness (QED) is 0.786. The molecule has 0 spiro atoms. The fraction of sp³-hybridized carbons (Fsp3) is 0.100. The molecule has 102 valence electrons. The monoisotopic (exact) mass is 325 g/mol. The van der Waals surface area contributed by atoms with Gasteiger partial charge in [0.05, 0.1) is 5.56 Å². The maximum Gasteiger partial charge on any atom is 0.338 e. The van der Waals surface area contributed by atoms with Crippen LogP contribution in [0, 0.1) is 6.92 Å². The van der Waals surface area contributed by atoms with Crippen molar-refractivity contribution in [2.24, 2.45) is 0 Å². The zero-order valence-electron chi connectivity index (χ0n) is 10.0. The maximum absolute atomic E-state index is 11.2. The van der Waals surface area contributed by atoms with Gasteiger partial charge in [-0.05, 0) is 40.6 Å². The van der Waals surface area contributed by atoms with E-state index in [1.807, 2.05) is 12.3 Å². The first-order valence-electron chi connectivity index (χ1n) is 5.34. The van der Waals surface area contributed by atoms with Gasteiger partial charge in [-0.15, -0.1) is 27.8 Å². The summed E-state index contributed by atoms with van der Waals surface area (Å²) in [6, 6.07) is 1.53. The van der Waals surface area contributed by atoms with Gasteiger partial charge in [0, 0.05) is 11.1 Å². The Morgan fingerprint density at radius 3 is 3.00 bits per heavy atom. The molecular formula is C10H7N5O2S3. The Morgan fingerprint density at radius 1 is 1.45 bits per heavy atom. The third-order valence-corrected chi connectivity index (χ3v) is 5.17. The summed E-state index contributed by atoms with van der Waals surface area (Å²) in [5, 5.41) is 25.2. The summed E-state index contributed by atoms with van der Waals surface area (Å²) in [6.07, 6.45) is 0. The lowest BCUT2D eigenvalue weighted by Gasteiger charge is -2.01. The Bertz CT molecular complexity index is 762. The summed E-state index contributed by atoms with van der Waals surface area (Å²) in [4.78, 5) is 15.5. The first kappa shape index (κ1) is 13.2. The van der Waals surface area contributed by atoms with Crippen molar-refractivity contribution in [2.75, 3.05) is 0 Å². The van der Waals surface area contributed by atoms with Gasteiger partial charge < -0.3 is 5.11 Å². The average Bonchev–Trinajstić information content (AvgIpc) is 3.09. The van der Waals surface area contributed by atoms with Gasteiger partial charge >= 0.3 is 5.97 Å². The van der Waals surface area contributed by atoms with Crippen molar-refractivity contribution in [3.8, 4) is 5.00 Å². The molecular weight excluding hydrogens is 318 g/mol. The average molecular weight is 325 g/mol. The number of hydrogen-bond acceptors (Lipinski definition) is 8. The lowest BCUT2D eigenvalue weighted by Crippen LogP contribution is -2.04. The highest BCUT2D eigenvalue weighted by molar-refractivity contribution is 8.00. The molecule has 0 radical (unpaired) electrons. The van der Waals surface area contributed by atoms with Crippen LogP contribution < -0.4 is 0 Å². The fourth-order valence-electron chi connectivity index (χ4n) is 1.46. The molecule has 3 aromatic heterocycles. The highest BCUT2D eigenvalue weighted by atomic mass is 32.2. The summed E-state index contributed by atoms with van der Waals surface area (Å²) in [6.45, 7) is 1.91. The van der Waals surface area contributed by atoms with Gasteiger partial charge in [-0.25, -0.2) is 9.78 Å². The van der Waals surface area contributed by atoms with E-state index in [4.69, 9.17) is 5.11 Å². The molecule has 3 rings (SSSR count). The molecule has 3 aromatic rings. The fourth-order valence-corrected chi connectivity index (χ4v) is 4.07. The Labute approximate surface area is 125 Å². The number of rotatable bonds is 4. The lowest BCUT2D eigenvalue weighted by atomic mass is 10.3. The van der Waals surface area contributed by atoms with E-state index in [2.05, 4.69) is 20.5 Å². The minimum Gasteiger partial charge on any atom is -0.478 e. The van der Waals surface area contributed by atoms with Crippen molar-refractivity contribution in [1.29, 1.82) is 0 Å². The van der Waals surface area contributed by atoms with Crippen LogP contribution >= 0.6 is 34.4 Å². The highest BCUT2D eigenvalue weighted by Gasteiger charge is 2.19. The lowest BCUT2D eigenvalue weighted by molar-refractivity contribution is 0.0697. The van der Waals surface area contributed by atoms with Crippen molar-refractivity contribution >= 4 is 40.4 Å². The van der Waals surface area contributed by atoms with Crippen molar-refractivity contribution in [3.63, 3.8) is 0 Å². The highest BCUT2D eigenvalue weighted by Crippen LogP contribution is 2.31. The third-order valence-electron chi connectivity index (χ3n) is 2.29. The van der Waals surface area contributed by atoms with Crippen LogP contribution in [0.2, 0.25) is 0 Å². The molecule has 0 saturated heterocycles. The molecule has 10 heteroatoms. The summed E-state index contributed by atoms with van der Waals surface area (Å²) >= 11 is 4.08. The number of nitrogens with zero attached hydrogens (tertiary/aromatic N) is 5. The molecule has 1 N–H and O–H groups in total. The first-order chi connectivity index (χ1) is 9.65. The summed E-state index contributed by atoms with van der Waals surface area (Å²) < 4.78 is 2.24. The molecule has 0 aliphatic rings. The predicted molar refractivity (Wildman–Crippen MR) is 75.0 cm³/mol. The van der Waals surface area contributed by atoms with Crippen LogP contribution in [-0.4, -0.2) is 36.3 Å². The van der Waals surface area contributed by atoms with Crippen molar-refractivity contribution in [3.05, 3.63) is 28.1 Å². The van der Waals surface area contributed by atoms with Gasteiger partial charge in [0.2, 0.25) is 5.16 Å². The number of carboxylic acid groups (broad SMARTS) is 1. The molecule has 0 unspecified atom stereocenters. The maximum atomic E-state index is 11.2. The zero-order chi connectivity index (χ0) is 14.1. The predicted octanol–water partition coefficient (Wildman–Crippen LogP) is 2.34. The van der Waals surface area contributed by atoms with E-state index in [1.165, 1.54) is 45.2 Å².